The summed E-state index contributed by atoms with van der Waals surface area (Å²) in [6, 6.07) is 25.9. The van der Waals surface area contributed by atoms with Crippen LogP contribution >= 0.6 is 11.6 Å². The largest absolute Gasteiger partial charge is 0.223 e. The molecule has 0 aliphatic carbocycles. The highest BCUT2D eigenvalue weighted by Crippen LogP contribution is 2.24. The molecule has 0 atom stereocenters. The minimum absolute atomic E-state index is 0.314. The van der Waals surface area contributed by atoms with Crippen LogP contribution in [-0.4, -0.2) is 13.7 Å². The molecule has 3 aromatic rings. The molecule has 25 heavy (non-hydrogen) atoms. The van der Waals surface area contributed by atoms with Crippen molar-refractivity contribution in [2.24, 2.45) is 0 Å². The molecule has 3 aromatic carbocycles. The van der Waals surface area contributed by atoms with Crippen LogP contribution in [0.4, 0.5) is 0 Å². The molecule has 0 radical (unpaired) electrons. The van der Waals surface area contributed by atoms with Crippen LogP contribution in [0.1, 0.15) is 11.1 Å². The first-order valence-electron chi connectivity index (χ1n) is 8.13. The first kappa shape index (κ1) is 17.7. The van der Waals surface area contributed by atoms with Crippen molar-refractivity contribution in [2.75, 3.05) is 0 Å². The van der Waals surface area contributed by atoms with E-state index >= 15 is 0 Å². The van der Waals surface area contributed by atoms with E-state index in [1.54, 1.807) is 24.3 Å². The second-order valence-corrected chi connectivity index (χ2v) is 8.66. The zero-order valence-corrected chi connectivity index (χ0v) is 15.2. The van der Waals surface area contributed by atoms with E-state index in [0.717, 1.165) is 11.1 Å². The summed E-state index contributed by atoms with van der Waals surface area (Å²) >= 11 is 5.91. The first-order valence-corrected chi connectivity index (χ1v) is 10.1. The van der Waals surface area contributed by atoms with Gasteiger partial charge in [-0.25, -0.2) is 8.42 Å². The normalized spacial score (nSPS) is 11.6. The fourth-order valence-corrected chi connectivity index (χ4v) is 4.71. The van der Waals surface area contributed by atoms with Gasteiger partial charge in [0.25, 0.3) is 0 Å². The molecule has 0 aliphatic rings. The van der Waals surface area contributed by atoms with Gasteiger partial charge in [-0.1, -0.05) is 72.3 Å². The Morgan fingerprint density at radius 1 is 0.680 bits per heavy atom. The Morgan fingerprint density at radius 2 is 1.12 bits per heavy atom. The van der Waals surface area contributed by atoms with Gasteiger partial charge in [-0.3, -0.25) is 0 Å². The van der Waals surface area contributed by atoms with Crippen LogP contribution in [0.25, 0.3) is 0 Å². The van der Waals surface area contributed by atoms with Crippen molar-refractivity contribution in [3.63, 3.8) is 0 Å². The lowest BCUT2D eigenvalue weighted by Gasteiger charge is -2.18. The van der Waals surface area contributed by atoms with Crippen LogP contribution in [-0.2, 0) is 22.7 Å². The predicted molar refractivity (Wildman–Crippen MR) is 103 cm³/mol. The zero-order chi connectivity index (χ0) is 17.7. The Labute approximate surface area is 154 Å². The van der Waals surface area contributed by atoms with Crippen molar-refractivity contribution in [2.45, 2.75) is 23.0 Å². The summed E-state index contributed by atoms with van der Waals surface area (Å²) < 4.78 is 26.4. The highest BCUT2D eigenvalue weighted by Gasteiger charge is 2.28. The molecule has 3 rings (SSSR count). The highest BCUT2D eigenvalue weighted by molar-refractivity contribution is 7.92. The first-order chi connectivity index (χ1) is 12.1. The minimum Gasteiger partial charge on any atom is -0.223 e. The molecule has 0 amide bonds. The summed E-state index contributed by atoms with van der Waals surface area (Å²) in [6.07, 6.45) is 0.946. The molecule has 0 spiro atoms. The Balaban J connectivity index is 1.95. The van der Waals surface area contributed by atoms with Crippen molar-refractivity contribution < 1.29 is 8.42 Å². The van der Waals surface area contributed by atoms with Gasteiger partial charge in [0.1, 0.15) is 0 Å². The molecular formula is C21H19ClO2S. The molecule has 0 saturated heterocycles. The molecular weight excluding hydrogens is 352 g/mol. The monoisotopic (exact) mass is 370 g/mol. The highest BCUT2D eigenvalue weighted by atomic mass is 35.5. The Bertz CT molecular complexity index is 864. The standard InChI is InChI=1S/C21H19ClO2S/c22-19-11-13-20(14-12-19)25(23,24)21(15-17-7-3-1-4-8-17)16-18-9-5-2-6-10-18/h1-14,21H,15-16H2. The van der Waals surface area contributed by atoms with Gasteiger partial charge in [-0.15, -0.1) is 0 Å². The van der Waals surface area contributed by atoms with Crippen LogP contribution in [0.3, 0.4) is 0 Å². The fraction of sp³-hybridized carbons (Fsp3) is 0.143. The van der Waals surface area contributed by atoms with Crippen molar-refractivity contribution in [1.82, 2.24) is 0 Å². The van der Waals surface area contributed by atoms with Crippen LogP contribution in [0, 0.1) is 0 Å². The van der Waals surface area contributed by atoms with Crippen molar-refractivity contribution in [3.8, 4) is 0 Å². The van der Waals surface area contributed by atoms with Crippen LogP contribution in [0.5, 0.6) is 0 Å². The maximum absolute atomic E-state index is 13.2. The second kappa shape index (κ2) is 7.85. The smallest absolute Gasteiger partial charge is 0.181 e. The third-order valence-electron chi connectivity index (χ3n) is 4.19. The number of sulfone groups is 1. The van der Waals surface area contributed by atoms with Gasteiger partial charge in [0, 0.05) is 5.02 Å². The predicted octanol–water partition coefficient (Wildman–Crippen LogP) is 4.97. The van der Waals surface area contributed by atoms with Gasteiger partial charge < -0.3 is 0 Å². The van der Waals surface area contributed by atoms with E-state index in [1.807, 2.05) is 60.7 Å². The third-order valence-corrected chi connectivity index (χ3v) is 6.59. The molecule has 0 unspecified atom stereocenters. The molecule has 0 bridgehead atoms. The Kier molecular flexibility index (Phi) is 5.57. The zero-order valence-electron chi connectivity index (χ0n) is 13.7. The lowest BCUT2D eigenvalue weighted by atomic mass is 10.0. The summed E-state index contributed by atoms with van der Waals surface area (Å²) in [4.78, 5) is 0.314. The second-order valence-electron chi connectivity index (χ2n) is 6.00. The number of halogens is 1. The lowest BCUT2D eigenvalue weighted by molar-refractivity contribution is 0.576. The van der Waals surface area contributed by atoms with E-state index in [-0.39, 0.29) is 0 Å². The van der Waals surface area contributed by atoms with Gasteiger partial charge in [0.15, 0.2) is 9.84 Å². The number of benzene rings is 3. The quantitative estimate of drug-likeness (QED) is 0.614. The van der Waals surface area contributed by atoms with E-state index in [0.29, 0.717) is 22.8 Å². The van der Waals surface area contributed by atoms with Gasteiger partial charge in [0.05, 0.1) is 10.1 Å². The molecule has 4 heteroatoms. The SMILES string of the molecule is O=S(=O)(c1ccc(Cl)cc1)C(Cc1ccccc1)Cc1ccccc1. The minimum atomic E-state index is -3.47. The van der Waals surface area contributed by atoms with E-state index < -0.39 is 15.1 Å². The number of hydrogen-bond acceptors (Lipinski definition) is 2. The van der Waals surface area contributed by atoms with E-state index in [2.05, 4.69) is 0 Å². The topological polar surface area (TPSA) is 34.1 Å². The van der Waals surface area contributed by atoms with Crippen molar-refractivity contribution in [3.05, 3.63) is 101 Å². The molecule has 128 valence electrons. The maximum atomic E-state index is 13.2. The molecule has 0 aromatic heterocycles. The number of rotatable bonds is 6. The molecule has 0 N–H and O–H groups in total. The van der Waals surface area contributed by atoms with Gasteiger partial charge in [-0.2, -0.15) is 0 Å². The molecule has 0 aliphatic heterocycles. The van der Waals surface area contributed by atoms with E-state index in [4.69, 9.17) is 11.6 Å². The van der Waals surface area contributed by atoms with E-state index in [9.17, 15) is 8.42 Å². The summed E-state index contributed by atoms with van der Waals surface area (Å²) in [5.74, 6) is 0. The van der Waals surface area contributed by atoms with Crippen LogP contribution in [0.15, 0.2) is 89.8 Å². The lowest BCUT2D eigenvalue weighted by Crippen LogP contribution is -2.26. The van der Waals surface area contributed by atoms with E-state index in [1.165, 1.54) is 0 Å². The average Bonchev–Trinajstić information content (AvgIpc) is 2.63. The Hall–Kier alpha value is -2.10. The third kappa shape index (κ3) is 4.50. The molecule has 0 saturated carbocycles. The molecule has 0 heterocycles. The van der Waals surface area contributed by atoms with Gasteiger partial charge >= 0.3 is 0 Å². The summed E-state index contributed by atoms with van der Waals surface area (Å²) in [6.45, 7) is 0. The van der Waals surface area contributed by atoms with Crippen molar-refractivity contribution in [1.29, 1.82) is 0 Å². The Morgan fingerprint density at radius 3 is 1.56 bits per heavy atom. The van der Waals surface area contributed by atoms with Gasteiger partial charge in [-0.05, 0) is 48.2 Å². The average molecular weight is 371 g/mol. The summed E-state index contributed by atoms with van der Waals surface area (Å²) in [5, 5.41) is 0.0000873. The molecule has 0 fully saturated rings. The summed E-state index contributed by atoms with van der Waals surface area (Å²) in [7, 11) is -3.47. The van der Waals surface area contributed by atoms with Gasteiger partial charge in [0.2, 0.25) is 0 Å². The van der Waals surface area contributed by atoms with Crippen molar-refractivity contribution >= 4 is 21.4 Å². The number of hydrogen-bond donors (Lipinski definition) is 0. The fourth-order valence-electron chi connectivity index (χ4n) is 2.86. The van der Waals surface area contributed by atoms with Crippen LogP contribution < -0.4 is 0 Å². The summed E-state index contributed by atoms with van der Waals surface area (Å²) in [5.41, 5.74) is 2.03. The molecule has 2 nitrogen and oxygen atoms in total. The van der Waals surface area contributed by atoms with Crippen LogP contribution in [0.2, 0.25) is 5.02 Å². The maximum Gasteiger partial charge on any atom is 0.181 e.